The third kappa shape index (κ3) is 7.47. The molecule has 1 spiro atoms. The monoisotopic (exact) mass is 755 g/mol. The fourth-order valence-electron chi connectivity index (χ4n) is 9.57. The average Bonchev–Trinajstić information content (AvgIpc) is 3.28. The second-order valence-corrected chi connectivity index (χ2v) is 18.5. The molecule has 1 N–H and O–H groups in total. The number of nitrogens with zero attached hydrogens (tertiary/aromatic N) is 2. The van der Waals surface area contributed by atoms with E-state index in [1.807, 2.05) is 31.2 Å². The van der Waals surface area contributed by atoms with Gasteiger partial charge in [-0.2, -0.15) is 0 Å². The molecule has 3 aromatic carbocycles. The van der Waals surface area contributed by atoms with Crippen LogP contribution >= 0.6 is 11.6 Å². The SMILES string of the molecule is CO[C@H]1/C=C/C[C@H](C)CS(=O)(NC(=O)c2ccc3c(c2)COCC3)=NC(=O)c2ccc3c(c2)N(C[C@@H]2CC[C@H]21)C[C@@]1(CCCc2cc(Cl)ccc21)CC3. The van der Waals surface area contributed by atoms with Crippen molar-refractivity contribution in [2.45, 2.75) is 82.8 Å². The van der Waals surface area contributed by atoms with Crippen LogP contribution < -0.4 is 9.62 Å². The van der Waals surface area contributed by atoms with Gasteiger partial charge in [-0.05, 0) is 140 Å². The van der Waals surface area contributed by atoms with Gasteiger partial charge >= 0.3 is 0 Å². The predicted octanol–water partition coefficient (Wildman–Crippen LogP) is 8.03. The summed E-state index contributed by atoms with van der Waals surface area (Å²) >= 11 is 6.50. The number of fused-ring (bicyclic) bond motifs is 5. The quantitative estimate of drug-likeness (QED) is 0.272. The molecule has 10 heteroatoms. The largest absolute Gasteiger partial charge is 0.377 e. The number of aryl methyl sites for hydroxylation is 2. The molecule has 0 aromatic heterocycles. The van der Waals surface area contributed by atoms with Gasteiger partial charge in [0.25, 0.3) is 11.8 Å². The van der Waals surface area contributed by atoms with Crippen molar-refractivity contribution < 1.29 is 23.3 Å². The van der Waals surface area contributed by atoms with Crippen LogP contribution in [0.15, 0.2) is 71.1 Å². The molecule has 8 rings (SSSR count). The number of benzene rings is 3. The molecular formula is C43H50ClN3O5S. The summed E-state index contributed by atoms with van der Waals surface area (Å²) in [5, 5.41) is 0.782. The summed E-state index contributed by atoms with van der Waals surface area (Å²) in [6, 6.07) is 17.8. The van der Waals surface area contributed by atoms with Crippen molar-refractivity contribution in [3.63, 3.8) is 0 Å². The Kier molecular flexibility index (Phi) is 10.3. The Morgan fingerprint density at radius 1 is 1.02 bits per heavy atom. The number of rotatable bonds is 3. The molecule has 5 aliphatic rings. The van der Waals surface area contributed by atoms with E-state index in [0.717, 1.165) is 86.3 Å². The molecule has 6 atom stereocenters. The minimum atomic E-state index is -3.51. The van der Waals surface area contributed by atoms with E-state index in [1.165, 1.54) is 16.7 Å². The number of allylic oxidation sites excluding steroid dienone is 1. The van der Waals surface area contributed by atoms with E-state index < -0.39 is 21.7 Å². The average molecular weight is 756 g/mol. The Hall–Kier alpha value is -3.50. The van der Waals surface area contributed by atoms with Crippen LogP contribution in [0.1, 0.15) is 94.0 Å². The summed E-state index contributed by atoms with van der Waals surface area (Å²) in [6.45, 7) is 4.77. The third-order valence-corrected chi connectivity index (χ3v) is 14.7. The lowest BCUT2D eigenvalue weighted by atomic mass is 9.66. The molecule has 0 saturated heterocycles. The van der Waals surface area contributed by atoms with E-state index in [2.05, 4.69) is 44.3 Å². The lowest BCUT2D eigenvalue weighted by Gasteiger charge is -2.46. The number of hydrogen-bond acceptors (Lipinski definition) is 6. The zero-order valence-corrected chi connectivity index (χ0v) is 32.4. The molecule has 53 heavy (non-hydrogen) atoms. The van der Waals surface area contributed by atoms with E-state index in [1.54, 1.807) is 19.2 Å². The number of ether oxygens (including phenoxy) is 2. The molecule has 8 nitrogen and oxygen atoms in total. The highest BCUT2D eigenvalue weighted by atomic mass is 35.5. The highest BCUT2D eigenvalue weighted by Gasteiger charge is 2.43. The molecule has 1 unspecified atom stereocenters. The molecule has 3 aromatic rings. The van der Waals surface area contributed by atoms with Crippen LogP contribution in [-0.2, 0) is 50.7 Å². The minimum Gasteiger partial charge on any atom is -0.377 e. The van der Waals surface area contributed by atoms with Crippen LogP contribution in [0.3, 0.4) is 0 Å². The Balaban J connectivity index is 1.18. The predicted molar refractivity (Wildman–Crippen MR) is 210 cm³/mol. The Bertz CT molecular complexity index is 2070. The van der Waals surface area contributed by atoms with Crippen LogP contribution in [0, 0.1) is 17.8 Å². The van der Waals surface area contributed by atoms with E-state index in [-0.39, 0.29) is 23.2 Å². The third-order valence-electron chi connectivity index (χ3n) is 12.5. The van der Waals surface area contributed by atoms with Crippen molar-refractivity contribution in [2.75, 3.05) is 37.5 Å². The first kappa shape index (κ1) is 36.5. The lowest BCUT2D eigenvalue weighted by Crippen LogP contribution is -2.48. The van der Waals surface area contributed by atoms with Crippen LogP contribution in [-0.4, -0.2) is 54.7 Å². The van der Waals surface area contributed by atoms with Gasteiger partial charge in [0, 0.05) is 47.5 Å². The number of methoxy groups -OCH3 is 1. The molecule has 2 bridgehead atoms. The number of halogens is 1. The van der Waals surface area contributed by atoms with E-state index in [0.29, 0.717) is 42.6 Å². The van der Waals surface area contributed by atoms with Crippen molar-refractivity contribution in [3.8, 4) is 0 Å². The van der Waals surface area contributed by atoms with Gasteiger partial charge in [-0.25, -0.2) is 4.21 Å². The first-order valence-electron chi connectivity index (χ1n) is 19.3. The standard InChI is InChI=1S/C43H50ClN3O5S/c1-28-5-3-7-40(51-2)37-14-12-34(37)24-47-27-43(18-4-6-31-22-36(44)13-15-38(31)43)19-16-30-9-11-33(23-39(30)47)42(49)46-53(50,26-28)45-41(48)32-10-8-29-17-20-52-25-35(29)21-32/h3,7-11,13,15,21-23,28,34,37,40H,4-6,12,14,16-20,24-27H2,1-2H3,(H,45,46,48,49,50)/b7-3+/t28-,34-,37+,40-,43+,53?/m0/s1. The van der Waals surface area contributed by atoms with E-state index in [9.17, 15) is 13.8 Å². The summed E-state index contributed by atoms with van der Waals surface area (Å²) in [5.41, 5.74) is 7.81. The topological polar surface area (TPSA) is 97.3 Å². The van der Waals surface area contributed by atoms with Crippen molar-refractivity contribution in [1.82, 2.24) is 4.72 Å². The minimum absolute atomic E-state index is 0.0264. The fraction of sp³-hybridized carbons (Fsp3) is 0.488. The van der Waals surface area contributed by atoms with Crippen LogP contribution in [0.25, 0.3) is 0 Å². The molecule has 3 heterocycles. The highest BCUT2D eigenvalue weighted by molar-refractivity contribution is 7.92. The number of hydrogen-bond donors (Lipinski definition) is 1. The van der Waals surface area contributed by atoms with Crippen molar-refractivity contribution in [1.29, 1.82) is 0 Å². The smallest absolute Gasteiger partial charge is 0.286 e. The molecule has 1 fully saturated rings. The maximum atomic E-state index is 14.7. The van der Waals surface area contributed by atoms with Crippen molar-refractivity contribution >= 4 is 39.0 Å². The molecule has 1 saturated carbocycles. The molecule has 2 aliphatic carbocycles. The number of carbonyl (C=O) groups excluding carboxylic acids is 2. The van der Waals surface area contributed by atoms with Crippen molar-refractivity contribution in [3.05, 3.63) is 111 Å². The van der Waals surface area contributed by atoms with Gasteiger partial charge in [-0.3, -0.25) is 14.3 Å². The Labute approximate surface area is 319 Å². The molecule has 0 radical (unpaired) electrons. The molecule has 2 amide bonds. The Morgan fingerprint density at radius 2 is 1.89 bits per heavy atom. The van der Waals surface area contributed by atoms with Gasteiger partial charge < -0.3 is 14.4 Å². The van der Waals surface area contributed by atoms with Gasteiger partial charge in [-0.15, -0.1) is 4.36 Å². The van der Waals surface area contributed by atoms with Gasteiger partial charge in [0.2, 0.25) is 0 Å². The second-order valence-electron chi connectivity index (χ2n) is 16.1. The van der Waals surface area contributed by atoms with Gasteiger partial charge in [0.15, 0.2) is 0 Å². The Morgan fingerprint density at radius 3 is 2.72 bits per heavy atom. The summed E-state index contributed by atoms with van der Waals surface area (Å²) in [4.78, 5) is 30.4. The van der Waals surface area contributed by atoms with E-state index in [4.69, 9.17) is 21.1 Å². The molecule has 3 aliphatic heterocycles. The van der Waals surface area contributed by atoms with Crippen molar-refractivity contribution in [2.24, 2.45) is 22.1 Å². The van der Waals surface area contributed by atoms with E-state index >= 15 is 0 Å². The number of carbonyl (C=O) groups is 2. The summed E-state index contributed by atoms with van der Waals surface area (Å²) in [5.74, 6) is -0.356. The first-order valence-corrected chi connectivity index (χ1v) is 21.4. The molecule has 280 valence electrons. The summed E-state index contributed by atoms with van der Waals surface area (Å²) in [6.07, 6.45) is 13.0. The normalized spacial score (nSPS) is 30.5. The van der Waals surface area contributed by atoms with Crippen LogP contribution in [0.5, 0.6) is 0 Å². The van der Waals surface area contributed by atoms with Gasteiger partial charge in [0.05, 0.1) is 25.1 Å². The first-order chi connectivity index (χ1) is 25.6. The number of nitrogens with one attached hydrogen (secondary N) is 1. The van der Waals surface area contributed by atoms with Crippen LogP contribution in [0.2, 0.25) is 5.02 Å². The summed E-state index contributed by atoms with van der Waals surface area (Å²) in [7, 11) is -1.72. The zero-order chi connectivity index (χ0) is 36.7. The summed E-state index contributed by atoms with van der Waals surface area (Å²) < 4.78 is 33.5. The number of amides is 2. The highest BCUT2D eigenvalue weighted by Crippen LogP contribution is 2.47. The van der Waals surface area contributed by atoms with Crippen LogP contribution in [0.4, 0.5) is 5.69 Å². The van der Waals surface area contributed by atoms with Gasteiger partial charge in [0.1, 0.15) is 9.92 Å². The number of anilines is 1. The van der Waals surface area contributed by atoms with Gasteiger partial charge in [-0.1, -0.05) is 48.9 Å². The maximum absolute atomic E-state index is 14.7. The second kappa shape index (κ2) is 15.0. The lowest BCUT2D eigenvalue weighted by molar-refractivity contribution is 0.0131. The fourth-order valence-corrected chi connectivity index (χ4v) is 11.7. The maximum Gasteiger partial charge on any atom is 0.286 e. The molecular weight excluding hydrogens is 706 g/mol. The zero-order valence-electron chi connectivity index (χ0n) is 30.8.